The van der Waals surface area contributed by atoms with E-state index in [4.69, 9.17) is 10.9 Å². The maximum Gasteiger partial charge on any atom is 0.255 e. The summed E-state index contributed by atoms with van der Waals surface area (Å²) < 4.78 is 0. The van der Waals surface area contributed by atoms with E-state index in [0.717, 1.165) is 19.3 Å². The molecule has 0 saturated heterocycles. The Labute approximate surface area is 70.1 Å². The lowest BCUT2D eigenvalue weighted by molar-refractivity contribution is -0.183. The molecule has 1 saturated carbocycles. The molecule has 1 rings (SSSR count). The van der Waals surface area contributed by atoms with Crippen molar-refractivity contribution in [2.24, 2.45) is 5.73 Å². The summed E-state index contributed by atoms with van der Waals surface area (Å²) in [5.74, 6) is -1.31. The number of hydroxylamine groups is 2. The predicted molar refractivity (Wildman–Crippen MR) is 40.1 cm³/mol. The first kappa shape index (κ1) is 8.99. The fraction of sp³-hybridized carbons (Fsp3) is 0.714. The summed E-state index contributed by atoms with van der Waals surface area (Å²) in [7, 11) is 0. The zero-order valence-electron chi connectivity index (χ0n) is 6.69. The highest BCUT2D eigenvalue weighted by molar-refractivity contribution is 5.95. The number of hydrogen-bond acceptors (Lipinski definition) is 3. The van der Waals surface area contributed by atoms with Crippen molar-refractivity contribution in [1.29, 1.82) is 0 Å². The van der Waals surface area contributed by atoms with Gasteiger partial charge >= 0.3 is 0 Å². The number of nitrogens with two attached hydrogens (primary N) is 1. The molecular weight excluding hydrogens is 160 g/mol. The van der Waals surface area contributed by atoms with Gasteiger partial charge in [0.25, 0.3) is 5.91 Å². The third-order valence-electron chi connectivity index (χ3n) is 2.00. The Bertz CT molecular complexity index is 201. The normalized spacial score (nSPS) is 16.8. The van der Waals surface area contributed by atoms with Crippen LogP contribution in [0.4, 0.5) is 0 Å². The van der Waals surface area contributed by atoms with Gasteiger partial charge in [0, 0.05) is 0 Å². The summed E-state index contributed by atoms with van der Waals surface area (Å²) in [6.07, 6.45) is 2.22. The molecular formula is C7H12N2O3. The van der Waals surface area contributed by atoms with Gasteiger partial charge in [-0.3, -0.25) is 14.8 Å². The van der Waals surface area contributed by atoms with Crippen molar-refractivity contribution >= 4 is 11.8 Å². The van der Waals surface area contributed by atoms with Crippen molar-refractivity contribution in [2.45, 2.75) is 31.7 Å². The largest absolute Gasteiger partial charge is 0.369 e. The molecule has 0 radical (unpaired) electrons. The lowest BCUT2D eigenvalue weighted by Crippen LogP contribution is -2.43. The fourth-order valence-corrected chi connectivity index (χ4v) is 1.06. The summed E-state index contributed by atoms with van der Waals surface area (Å²) in [5, 5.41) is 9.80. The van der Waals surface area contributed by atoms with Gasteiger partial charge in [0.15, 0.2) is 0 Å². The minimum absolute atomic E-state index is 0.100. The Morgan fingerprint density at radius 3 is 2.42 bits per heavy atom. The van der Waals surface area contributed by atoms with E-state index in [1.165, 1.54) is 0 Å². The third kappa shape index (κ3) is 1.94. The molecule has 0 unspecified atom stereocenters. The minimum Gasteiger partial charge on any atom is -0.369 e. The van der Waals surface area contributed by atoms with E-state index in [9.17, 15) is 9.59 Å². The highest BCUT2D eigenvalue weighted by atomic mass is 16.5. The van der Waals surface area contributed by atoms with Crippen LogP contribution in [0.25, 0.3) is 0 Å². The van der Waals surface area contributed by atoms with Crippen LogP contribution in [0.1, 0.15) is 25.7 Å². The van der Waals surface area contributed by atoms with Crippen LogP contribution in [0.2, 0.25) is 0 Å². The van der Waals surface area contributed by atoms with Gasteiger partial charge in [-0.2, -0.15) is 0 Å². The quantitative estimate of drug-likeness (QED) is 0.346. The van der Waals surface area contributed by atoms with Gasteiger partial charge in [-0.1, -0.05) is 0 Å². The molecule has 0 heterocycles. The van der Waals surface area contributed by atoms with Gasteiger partial charge in [-0.15, -0.1) is 0 Å². The maximum absolute atomic E-state index is 11.0. The second-order valence-electron chi connectivity index (χ2n) is 2.97. The molecule has 1 fully saturated rings. The van der Waals surface area contributed by atoms with Crippen molar-refractivity contribution in [3.63, 3.8) is 0 Å². The zero-order chi connectivity index (χ0) is 9.14. The highest BCUT2D eigenvalue weighted by Gasteiger charge is 2.28. The van der Waals surface area contributed by atoms with Crippen molar-refractivity contribution in [3.05, 3.63) is 0 Å². The second-order valence-corrected chi connectivity index (χ2v) is 2.97. The number of hydrogen-bond donors (Lipinski definition) is 2. The highest BCUT2D eigenvalue weighted by Crippen LogP contribution is 2.23. The first-order valence-corrected chi connectivity index (χ1v) is 3.90. The smallest absolute Gasteiger partial charge is 0.255 e. The Hall–Kier alpha value is -1.10. The monoisotopic (exact) mass is 172 g/mol. The average Bonchev–Trinajstić information content (AvgIpc) is 1.81. The van der Waals surface area contributed by atoms with Crippen molar-refractivity contribution < 1.29 is 14.8 Å². The van der Waals surface area contributed by atoms with Crippen molar-refractivity contribution in [2.75, 3.05) is 0 Å². The van der Waals surface area contributed by atoms with Crippen molar-refractivity contribution in [1.82, 2.24) is 5.06 Å². The van der Waals surface area contributed by atoms with Gasteiger partial charge in [0.05, 0.1) is 6.04 Å². The van der Waals surface area contributed by atoms with Crippen LogP contribution >= 0.6 is 0 Å². The van der Waals surface area contributed by atoms with Crippen LogP contribution in [-0.2, 0) is 9.59 Å². The molecule has 0 spiro atoms. The van der Waals surface area contributed by atoms with E-state index in [1.54, 1.807) is 0 Å². The fourth-order valence-electron chi connectivity index (χ4n) is 1.06. The Balaban J connectivity index is 2.34. The van der Waals surface area contributed by atoms with E-state index in [-0.39, 0.29) is 6.04 Å². The second kappa shape index (κ2) is 3.53. The number of primary amides is 1. The predicted octanol–water partition coefficient (Wildman–Crippen LogP) is -0.368. The molecule has 68 valence electrons. The lowest BCUT2D eigenvalue weighted by atomic mass is 9.93. The van der Waals surface area contributed by atoms with E-state index in [2.05, 4.69) is 0 Å². The lowest BCUT2D eigenvalue weighted by Gasteiger charge is -2.32. The van der Waals surface area contributed by atoms with Crippen LogP contribution in [0.15, 0.2) is 0 Å². The number of carbonyl (C=O) groups is 2. The zero-order valence-corrected chi connectivity index (χ0v) is 6.69. The molecule has 1 aliphatic carbocycles. The van der Waals surface area contributed by atoms with E-state index >= 15 is 0 Å². The van der Waals surface area contributed by atoms with E-state index < -0.39 is 18.2 Å². The third-order valence-corrected chi connectivity index (χ3v) is 2.00. The first-order valence-electron chi connectivity index (χ1n) is 3.90. The first-order chi connectivity index (χ1) is 5.61. The molecule has 0 aromatic heterocycles. The van der Waals surface area contributed by atoms with E-state index in [1.807, 2.05) is 0 Å². The topological polar surface area (TPSA) is 83.6 Å². The Morgan fingerprint density at radius 2 is 2.08 bits per heavy atom. The van der Waals surface area contributed by atoms with Gasteiger partial charge in [0.2, 0.25) is 5.91 Å². The number of carbonyl (C=O) groups excluding carboxylic acids is 2. The van der Waals surface area contributed by atoms with Gasteiger partial charge in [-0.25, -0.2) is 5.06 Å². The summed E-state index contributed by atoms with van der Waals surface area (Å²) in [6.45, 7) is 0. The molecule has 0 aliphatic heterocycles. The van der Waals surface area contributed by atoms with Crippen LogP contribution in [0.3, 0.4) is 0 Å². The van der Waals surface area contributed by atoms with Gasteiger partial charge in [-0.05, 0) is 19.3 Å². The molecule has 0 aromatic rings. The summed E-state index contributed by atoms with van der Waals surface area (Å²) in [6, 6.07) is -0.100. The molecule has 1 aliphatic rings. The summed E-state index contributed by atoms with van der Waals surface area (Å²) in [5.41, 5.74) is 4.79. The summed E-state index contributed by atoms with van der Waals surface area (Å²) >= 11 is 0. The summed E-state index contributed by atoms with van der Waals surface area (Å²) in [4.78, 5) is 21.3. The Kier molecular flexibility index (Phi) is 2.65. The molecule has 3 N–H and O–H groups in total. The van der Waals surface area contributed by atoms with Crippen LogP contribution in [0, 0.1) is 0 Å². The molecule has 5 nitrogen and oxygen atoms in total. The van der Waals surface area contributed by atoms with Crippen LogP contribution in [0.5, 0.6) is 0 Å². The number of nitrogens with zero attached hydrogens (tertiary/aromatic N) is 1. The van der Waals surface area contributed by atoms with Crippen molar-refractivity contribution in [3.8, 4) is 0 Å². The van der Waals surface area contributed by atoms with Gasteiger partial charge < -0.3 is 5.73 Å². The SMILES string of the molecule is NC(=O)CC(=O)N(O)C1CCC1. The standard InChI is InChI=1S/C7H12N2O3/c8-6(10)4-7(11)9(12)5-2-1-3-5/h5,12H,1-4H2,(H2,8,10). The maximum atomic E-state index is 11.0. The van der Waals surface area contributed by atoms with Crippen LogP contribution < -0.4 is 5.73 Å². The van der Waals surface area contributed by atoms with Gasteiger partial charge in [0.1, 0.15) is 6.42 Å². The molecule has 12 heavy (non-hydrogen) atoms. The average molecular weight is 172 g/mol. The molecule has 2 amide bonds. The van der Waals surface area contributed by atoms with E-state index in [0.29, 0.717) is 5.06 Å². The van der Waals surface area contributed by atoms with Crippen LogP contribution in [-0.4, -0.2) is 28.1 Å². The molecule has 0 atom stereocenters. The molecule has 0 bridgehead atoms. The minimum atomic E-state index is -0.710. The Morgan fingerprint density at radius 1 is 1.50 bits per heavy atom. The number of amides is 2. The number of rotatable bonds is 3. The molecule has 5 heteroatoms. The molecule has 0 aromatic carbocycles.